The topological polar surface area (TPSA) is 12.9 Å². The van der Waals surface area contributed by atoms with Crippen LogP contribution in [0.1, 0.15) is 38.8 Å². The van der Waals surface area contributed by atoms with E-state index in [4.69, 9.17) is 0 Å². The normalized spacial score (nSPS) is 11.4. The highest BCUT2D eigenvalue weighted by Gasteiger charge is 2.14. The number of benzene rings is 1. The molecular weight excluding hydrogens is 230 g/mol. The van der Waals surface area contributed by atoms with Gasteiger partial charge in [-0.25, -0.2) is 0 Å². The summed E-state index contributed by atoms with van der Waals surface area (Å²) in [5.74, 6) is 0. The Morgan fingerprint density at radius 1 is 1.05 bits per heavy atom. The summed E-state index contributed by atoms with van der Waals surface area (Å²) in [6.45, 7) is 12.6. The van der Waals surface area contributed by atoms with Crippen LogP contribution in [0.15, 0.2) is 49.2 Å². The zero-order valence-electron chi connectivity index (χ0n) is 12.2. The van der Waals surface area contributed by atoms with Gasteiger partial charge < -0.3 is 0 Å². The van der Waals surface area contributed by atoms with Crippen molar-refractivity contribution in [3.8, 4) is 11.3 Å². The highest BCUT2D eigenvalue weighted by Crippen LogP contribution is 2.26. The first-order valence-electron chi connectivity index (χ1n) is 6.61. The lowest BCUT2D eigenvalue weighted by atomic mass is 9.87. The standard InChI is InChI=1S/C18H21N/c1-13(2)14-6-8-15(9-7-14)17-12-16(10-11-19-17)18(3,4)5/h6-12H,1H2,2-5H3. The summed E-state index contributed by atoms with van der Waals surface area (Å²) in [4.78, 5) is 4.48. The monoisotopic (exact) mass is 251 g/mol. The minimum atomic E-state index is 0.148. The van der Waals surface area contributed by atoms with Gasteiger partial charge in [-0.05, 0) is 35.6 Å². The van der Waals surface area contributed by atoms with E-state index >= 15 is 0 Å². The van der Waals surface area contributed by atoms with Gasteiger partial charge in [0.1, 0.15) is 0 Å². The third-order valence-corrected chi connectivity index (χ3v) is 3.30. The van der Waals surface area contributed by atoms with Gasteiger partial charge in [0, 0.05) is 11.8 Å². The van der Waals surface area contributed by atoms with Gasteiger partial charge in [-0.1, -0.05) is 57.2 Å². The summed E-state index contributed by atoms with van der Waals surface area (Å²) in [5, 5.41) is 0. The van der Waals surface area contributed by atoms with Crippen molar-refractivity contribution in [2.24, 2.45) is 0 Å². The average molecular weight is 251 g/mol. The van der Waals surface area contributed by atoms with E-state index in [1.54, 1.807) is 0 Å². The molecule has 2 rings (SSSR count). The zero-order chi connectivity index (χ0) is 14.0. The third kappa shape index (κ3) is 3.11. The number of allylic oxidation sites excluding steroid dienone is 1. The van der Waals surface area contributed by atoms with Crippen molar-refractivity contribution in [3.05, 3.63) is 60.3 Å². The summed E-state index contributed by atoms with van der Waals surface area (Å²) < 4.78 is 0. The van der Waals surface area contributed by atoms with Gasteiger partial charge >= 0.3 is 0 Å². The van der Waals surface area contributed by atoms with Gasteiger partial charge in [-0.3, -0.25) is 4.98 Å². The summed E-state index contributed by atoms with van der Waals surface area (Å²) in [7, 11) is 0. The van der Waals surface area contributed by atoms with Crippen LogP contribution >= 0.6 is 0 Å². The van der Waals surface area contributed by atoms with Crippen molar-refractivity contribution < 1.29 is 0 Å². The molecule has 0 amide bonds. The number of rotatable bonds is 2. The maximum atomic E-state index is 4.48. The van der Waals surface area contributed by atoms with E-state index in [1.807, 2.05) is 13.1 Å². The van der Waals surface area contributed by atoms with E-state index in [-0.39, 0.29) is 5.41 Å². The van der Waals surface area contributed by atoms with Crippen LogP contribution in [0.25, 0.3) is 16.8 Å². The molecule has 2 aromatic rings. The number of pyridine rings is 1. The third-order valence-electron chi connectivity index (χ3n) is 3.30. The number of hydrogen-bond acceptors (Lipinski definition) is 1. The first-order chi connectivity index (χ1) is 8.88. The van der Waals surface area contributed by atoms with Crippen LogP contribution < -0.4 is 0 Å². The Balaban J connectivity index is 2.39. The molecule has 0 aliphatic rings. The molecule has 0 aliphatic heterocycles. The lowest BCUT2D eigenvalue weighted by Crippen LogP contribution is -2.11. The first-order valence-corrected chi connectivity index (χ1v) is 6.61. The van der Waals surface area contributed by atoms with Crippen molar-refractivity contribution in [1.82, 2.24) is 4.98 Å². The Hall–Kier alpha value is -1.89. The van der Waals surface area contributed by atoms with Crippen LogP contribution in [-0.4, -0.2) is 4.98 Å². The van der Waals surface area contributed by atoms with Crippen LogP contribution in [0.4, 0.5) is 0 Å². The fourth-order valence-electron chi connectivity index (χ4n) is 1.98. The highest BCUT2D eigenvalue weighted by molar-refractivity contribution is 5.67. The molecule has 19 heavy (non-hydrogen) atoms. The Kier molecular flexibility index (Phi) is 3.57. The van der Waals surface area contributed by atoms with Gasteiger partial charge in [-0.2, -0.15) is 0 Å². The molecule has 0 N–H and O–H groups in total. The average Bonchev–Trinajstić information content (AvgIpc) is 2.38. The Labute approximate surface area is 116 Å². The van der Waals surface area contributed by atoms with Crippen LogP contribution in [0.3, 0.4) is 0 Å². The minimum Gasteiger partial charge on any atom is -0.256 e. The van der Waals surface area contributed by atoms with Crippen LogP contribution in [0.5, 0.6) is 0 Å². The Bertz CT molecular complexity index is 586. The fraction of sp³-hybridized carbons (Fsp3) is 0.278. The molecule has 1 heteroatoms. The number of nitrogens with zero attached hydrogens (tertiary/aromatic N) is 1. The molecule has 0 aliphatic carbocycles. The molecule has 1 aromatic carbocycles. The van der Waals surface area contributed by atoms with Crippen molar-refractivity contribution >= 4 is 5.57 Å². The summed E-state index contributed by atoms with van der Waals surface area (Å²) in [5.41, 5.74) is 5.90. The molecule has 0 unspecified atom stereocenters. The van der Waals surface area contributed by atoms with Gasteiger partial charge in [0.2, 0.25) is 0 Å². The summed E-state index contributed by atoms with van der Waals surface area (Å²) >= 11 is 0. The van der Waals surface area contributed by atoms with E-state index < -0.39 is 0 Å². The predicted octanol–water partition coefficient (Wildman–Crippen LogP) is 5.08. The number of hydrogen-bond donors (Lipinski definition) is 0. The first kappa shape index (κ1) is 13.5. The molecule has 1 aromatic heterocycles. The Morgan fingerprint density at radius 3 is 2.21 bits per heavy atom. The quantitative estimate of drug-likeness (QED) is 0.725. The van der Waals surface area contributed by atoms with Gasteiger partial charge in [0.25, 0.3) is 0 Å². The molecule has 0 spiro atoms. The molecule has 0 radical (unpaired) electrons. The minimum absolute atomic E-state index is 0.148. The molecular formula is C18H21N. The van der Waals surface area contributed by atoms with Gasteiger partial charge in [0.15, 0.2) is 0 Å². The van der Waals surface area contributed by atoms with Crippen molar-refractivity contribution in [1.29, 1.82) is 0 Å². The van der Waals surface area contributed by atoms with E-state index in [0.717, 1.165) is 16.8 Å². The maximum Gasteiger partial charge on any atom is 0.0704 e. The fourth-order valence-corrected chi connectivity index (χ4v) is 1.98. The molecule has 98 valence electrons. The largest absolute Gasteiger partial charge is 0.256 e. The van der Waals surface area contributed by atoms with Crippen molar-refractivity contribution in [3.63, 3.8) is 0 Å². The SMILES string of the molecule is C=C(C)c1ccc(-c2cc(C(C)(C)C)ccn2)cc1. The van der Waals surface area contributed by atoms with E-state index in [1.165, 1.54) is 11.1 Å². The number of aromatic nitrogens is 1. The summed E-state index contributed by atoms with van der Waals surface area (Å²) in [6.07, 6.45) is 1.89. The molecule has 1 heterocycles. The smallest absolute Gasteiger partial charge is 0.0704 e. The molecule has 0 fully saturated rings. The second-order valence-electron chi connectivity index (χ2n) is 6.04. The lowest BCUT2D eigenvalue weighted by molar-refractivity contribution is 0.589. The van der Waals surface area contributed by atoms with Crippen LogP contribution in [0, 0.1) is 0 Å². The second-order valence-corrected chi connectivity index (χ2v) is 6.04. The second kappa shape index (κ2) is 5.00. The van der Waals surface area contributed by atoms with E-state index in [9.17, 15) is 0 Å². The van der Waals surface area contributed by atoms with Crippen molar-refractivity contribution in [2.45, 2.75) is 33.1 Å². The maximum absolute atomic E-state index is 4.48. The van der Waals surface area contributed by atoms with E-state index in [0.29, 0.717) is 0 Å². The predicted molar refractivity (Wildman–Crippen MR) is 83.1 cm³/mol. The molecule has 0 saturated carbocycles. The Morgan fingerprint density at radius 2 is 1.68 bits per heavy atom. The molecule has 0 bridgehead atoms. The highest BCUT2D eigenvalue weighted by atomic mass is 14.7. The molecule has 0 atom stereocenters. The molecule has 1 nitrogen and oxygen atoms in total. The lowest BCUT2D eigenvalue weighted by Gasteiger charge is -2.19. The zero-order valence-corrected chi connectivity index (χ0v) is 12.2. The van der Waals surface area contributed by atoms with Gasteiger partial charge in [-0.15, -0.1) is 0 Å². The molecule has 0 saturated heterocycles. The van der Waals surface area contributed by atoms with Crippen LogP contribution in [-0.2, 0) is 5.41 Å². The summed E-state index contributed by atoms with van der Waals surface area (Å²) in [6, 6.07) is 12.7. The van der Waals surface area contributed by atoms with Crippen molar-refractivity contribution in [2.75, 3.05) is 0 Å². The van der Waals surface area contributed by atoms with Crippen LogP contribution in [0.2, 0.25) is 0 Å². The van der Waals surface area contributed by atoms with Gasteiger partial charge in [0.05, 0.1) is 5.69 Å². The van der Waals surface area contributed by atoms with E-state index in [2.05, 4.69) is 68.7 Å².